The second-order valence-electron chi connectivity index (χ2n) is 5.12. The number of fused-ring (bicyclic) bond motifs is 1. The Hall–Kier alpha value is -1.75. The number of anilines is 1. The van der Waals surface area contributed by atoms with Crippen LogP contribution in [-0.2, 0) is 4.79 Å². The number of benzene rings is 1. The first-order chi connectivity index (χ1) is 10.3. The van der Waals surface area contributed by atoms with Gasteiger partial charge in [-0.25, -0.2) is 0 Å². The normalized spacial score (nSPS) is 17.6. The molecule has 3 rings (SSSR count). The number of nitrogens with one attached hydrogen (secondary N) is 1. The molecular weight excluding hydrogens is 282 g/mol. The minimum atomic E-state index is -0.0215. The Balaban J connectivity index is 1.84. The molecule has 0 fully saturated rings. The van der Waals surface area contributed by atoms with Gasteiger partial charge < -0.3 is 10.2 Å². The highest BCUT2D eigenvalue weighted by Crippen LogP contribution is 2.38. The summed E-state index contributed by atoms with van der Waals surface area (Å²) in [7, 11) is 0. The number of thioether (sulfide) groups is 1. The molecule has 1 aromatic rings. The van der Waals surface area contributed by atoms with Gasteiger partial charge in [0, 0.05) is 24.5 Å². The number of hydrogen-bond donors (Lipinski definition) is 1. The summed E-state index contributed by atoms with van der Waals surface area (Å²) < 4.78 is 0. The van der Waals surface area contributed by atoms with E-state index >= 15 is 0 Å². The predicted octanol–water partition coefficient (Wildman–Crippen LogP) is 3.45. The topological polar surface area (TPSA) is 44.7 Å². The molecule has 0 atom stereocenters. The summed E-state index contributed by atoms with van der Waals surface area (Å²) in [6, 6.07) is 9.60. The van der Waals surface area contributed by atoms with Gasteiger partial charge in [0.1, 0.15) is 0 Å². The lowest BCUT2D eigenvalue weighted by molar-refractivity contribution is -0.112. The largest absolute Gasteiger partial charge is 0.323 e. The number of rotatable bonds is 4. The van der Waals surface area contributed by atoms with Crippen LogP contribution in [0.1, 0.15) is 26.2 Å². The van der Waals surface area contributed by atoms with Crippen LogP contribution in [-0.4, -0.2) is 29.1 Å². The van der Waals surface area contributed by atoms with Gasteiger partial charge in [-0.1, -0.05) is 31.5 Å². The van der Waals surface area contributed by atoms with Crippen molar-refractivity contribution < 1.29 is 4.79 Å². The van der Waals surface area contributed by atoms with E-state index in [2.05, 4.69) is 22.1 Å². The summed E-state index contributed by atoms with van der Waals surface area (Å²) in [5.74, 6) is -0.0215. The fourth-order valence-electron chi connectivity index (χ4n) is 2.57. The lowest BCUT2D eigenvalue weighted by atomic mass is 10.2. The monoisotopic (exact) mass is 301 g/mol. The smallest absolute Gasteiger partial charge is 0.264 e. The van der Waals surface area contributed by atoms with Gasteiger partial charge in [-0.3, -0.25) is 9.79 Å². The van der Waals surface area contributed by atoms with Crippen molar-refractivity contribution in [2.75, 3.05) is 18.4 Å². The van der Waals surface area contributed by atoms with Crippen LogP contribution in [0.2, 0.25) is 0 Å². The van der Waals surface area contributed by atoms with Crippen molar-refractivity contribution in [3.8, 4) is 0 Å². The molecule has 0 saturated heterocycles. The minimum Gasteiger partial charge on any atom is -0.323 e. The standard InChI is InChI=1S/C16H19N3OS/c1-2-7-13-14(21-16-17-10-6-11-19(13)16)15(20)18-12-8-4-3-5-9-12/h3-5,8-9H,2,6-7,10-11H2,1H3,(H,18,20). The third kappa shape index (κ3) is 2.97. The Morgan fingerprint density at radius 3 is 2.95 bits per heavy atom. The Morgan fingerprint density at radius 2 is 2.19 bits per heavy atom. The van der Waals surface area contributed by atoms with Gasteiger partial charge in [0.2, 0.25) is 0 Å². The van der Waals surface area contributed by atoms with Crippen LogP contribution >= 0.6 is 11.8 Å². The average molecular weight is 301 g/mol. The number of aliphatic imine (C=N–C) groups is 1. The van der Waals surface area contributed by atoms with Crippen LogP contribution in [0.5, 0.6) is 0 Å². The van der Waals surface area contributed by atoms with E-state index in [1.54, 1.807) is 0 Å². The molecule has 2 heterocycles. The second-order valence-corrected chi connectivity index (χ2v) is 6.10. The van der Waals surface area contributed by atoms with Gasteiger partial charge in [0.05, 0.1) is 4.91 Å². The average Bonchev–Trinajstić information content (AvgIpc) is 2.88. The molecule has 0 saturated carbocycles. The number of allylic oxidation sites excluding steroid dienone is 1. The molecule has 0 radical (unpaired) electrons. The maximum atomic E-state index is 12.6. The lowest BCUT2D eigenvalue weighted by Crippen LogP contribution is -2.29. The fraction of sp³-hybridized carbons (Fsp3) is 0.375. The molecule has 4 nitrogen and oxygen atoms in total. The van der Waals surface area contributed by atoms with E-state index in [0.29, 0.717) is 0 Å². The Bertz CT molecular complexity index is 595. The molecule has 5 heteroatoms. The molecule has 21 heavy (non-hydrogen) atoms. The van der Waals surface area contributed by atoms with Crippen molar-refractivity contribution >= 4 is 28.5 Å². The van der Waals surface area contributed by atoms with Crippen molar-refractivity contribution in [1.82, 2.24) is 4.90 Å². The SMILES string of the molecule is CCCC1=C(C(=O)Nc2ccccc2)SC2=NCCCN21. The minimum absolute atomic E-state index is 0.0215. The molecule has 1 N–H and O–H groups in total. The third-order valence-corrected chi connectivity index (χ3v) is 4.68. The Morgan fingerprint density at radius 1 is 1.38 bits per heavy atom. The molecule has 2 aliphatic rings. The number of carbonyl (C=O) groups excluding carboxylic acids is 1. The zero-order valence-corrected chi connectivity index (χ0v) is 12.9. The van der Waals surface area contributed by atoms with Crippen LogP contribution in [0.15, 0.2) is 45.9 Å². The van der Waals surface area contributed by atoms with Crippen molar-refractivity contribution in [1.29, 1.82) is 0 Å². The summed E-state index contributed by atoms with van der Waals surface area (Å²) in [5.41, 5.74) is 1.97. The molecule has 1 aromatic carbocycles. The van der Waals surface area contributed by atoms with E-state index in [1.807, 2.05) is 30.3 Å². The van der Waals surface area contributed by atoms with Crippen molar-refractivity contribution in [2.24, 2.45) is 4.99 Å². The van der Waals surface area contributed by atoms with Crippen LogP contribution in [0.25, 0.3) is 0 Å². The zero-order valence-electron chi connectivity index (χ0n) is 12.1. The predicted molar refractivity (Wildman–Crippen MR) is 88.2 cm³/mol. The first kappa shape index (κ1) is 14.2. The van der Waals surface area contributed by atoms with E-state index < -0.39 is 0 Å². The van der Waals surface area contributed by atoms with Gasteiger partial charge in [0.15, 0.2) is 5.17 Å². The van der Waals surface area contributed by atoms with Gasteiger partial charge in [-0.15, -0.1) is 0 Å². The molecule has 0 bridgehead atoms. The van der Waals surface area contributed by atoms with E-state index in [-0.39, 0.29) is 5.91 Å². The molecule has 0 spiro atoms. The molecule has 0 unspecified atom stereocenters. The van der Waals surface area contributed by atoms with Gasteiger partial charge in [0.25, 0.3) is 5.91 Å². The van der Waals surface area contributed by atoms with E-state index in [0.717, 1.165) is 53.8 Å². The highest BCUT2D eigenvalue weighted by molar-refractivity contribution is 8.18. The lowest BCUT2D eigenvalue weighted by Gasteiger charge is -2.25. The van der Waals surface area contributed by atoms with Crippen LogP contribution in [0.4, 0.5) is 5.69 Å². The maximum Gasteiger partial charge on any atom is 0.264 e. The summed E-state index contributed by atoms with van der Waals surface area (Å²) in [6.07, 6.45) is 3.01. The van der Waals surface area contributed by atoms with Crippen molar-refractivity contribution in [3.63, 3.8) is 0 Å². The molecule has 110 valence electrons. The highest BCUT2D eigenvalue weighted by Gasteiger charge is 2.33. The van der Waals surface area contributed by atoms with E-state index in [9.17, 15) is 4.79 Å². The van der Waals surface area contributed by atoms with Gasteiger partial charge in [-0.2, -0.15) is 0 Å². The van der Waals surface area contributed by atoms with Crippen molar-refractivity contribution in [3.05, 3.63) is 40.9 Å². The van der Waals surface area contributed by atoms with E-state index in [1.165, 1.54) is 11.8 Å². The number of amidine groups is 1. The first-order valence-corrected chi connectivity index (χ1v) is 8.20. The van der Waals surface area contributed by atoms with Crippen LogP contribution < -0.4 is 5.32 Å². The first-order valence-electron chi connectivity index (χ1n) is 7.39. The number of amides is 1. The third-order valence-electron chi connectivity index (χ3n) is 3.52. The fourth-order valence-corrected chi connectivity index (χ4v) is 3.69. The molecule has 0 aromatic heterocycles. The summed E-state index contributed by atoms with van der Waals surface area (Å²) in [6.45, 7) is 3.98. The molecule has 0 aliphatic carbocycles. The highest BCUT2D eigenvalue weighted by atomic mass is 32.2. The number of nitrogens with zero attached hydrogens (tertiary/aromatic N) is 2. The van der Waals surface area contributed by atoms with E-state index in [4.69, 9.17) is 0 Å². The maximum absolute atomic E-state index is 12.6. The van der Waals surface area contributed by atoms with Gasteiger partial charge >= 0.3 is 0 Å². The van der Waals surface area contributed by atoms with Gasteiger partial charge in [-0.05, 0) is 36.7 Å². The molecular formula is C16H19N3OS. The Labute approximate surface area is 129 Å². The molecule has 1 amide bonds. The number of hydrogen-bond acceptors (Lipinski definition) is 4. The summed E-state index contributed by atoms with van der Waals surface area (Å²) in [4.78, 5) is 20.1. The second kappa shape index (κ2) is 6.35. The zero-order chi connectivity index (χ0) is 14.7. The number of para-hydroxylation sites is 1. The van der Waals surface area contributed by atoms with Crippen molar-refractivity contribution in [2.45, 2.75) is 26.2 Å². The number of carbonyl (C=O) groups is 1. The Kier molecular flexibility index (Phi) is 4.29. The van der Waals surface area contributed by atoms with Crippen LogP contribution in [0.3, 0.4) is 0 Å². The van der Waals surface area contributed by atoms with Crippen LogP contribution in [0, 0.1) is 0 Å². The quantitative estimate of drug-likeness (QED) is 0.926. The summed E-state index contributed by atoms with van der Waals surface area (Å²) in [5, 5.41) is 3.97. The summed E-state index contributed by atoms with van der Waals surface area (Å²) >= 11 is 1.51. The molecule has 2 aliphatic heterocycles.